The van der Waals surface area contributed by atoms with Crippen LogP contribution in [0.5, 0.6) is 0 Å². The molecular formula is C14H23N3O. The Hall–Kier alpha value is -1.13. The molecule has 0 spiro atoms. The maximum atomic E-state index is 5.40. The van der Waals surface area contributed by atoms with Crippen molar-refractivity contribution in [2.75, 3.05) is 31.6 Å². The van der Waals surface area contributed by atoms with Crippen LogP contribution in [-0.2, 0) is 11.3 Å². The van der Waals surface area contributed by atoms with Crippen LogP contribution in [0.1, 0.15) is 25.5 Å². The second-order valence-electron chi connectivity index (χ2n) is 4.77. The van der Waals surface area contributed by atoms with Crippen LogP contribution in [0.25, 0.3) is 0 Å². The molecule has 1 aliphatic rings. The number of ether oxygens (including phenoxy) is 1. The van der Waals surface area contributed by atoms with E-state index in [1.54, 1.807) is 7.11 Å². The van der Waals surface area contributed by atoms with Gasteiger partial charge in [-0.05, 0) is 31.5 Å². The van der Waals surface area contributed by atoms with Crippen molar-refractivity contribution in [1.82, 2.24) is 10.3 Å². The summed E-state index contributed by atoms with van der Waals surface area (Å²) in [5.41, 5.74) is 2.37. The van der Waals surface area contributed by atoms with Crippen LogP contribution in [0.4, 0.5) is 5.69 Å². The van der Waals surface area contributed by atoms with Gasteiger partial charge in [0.1, 0.15) is 0 Å². The Morgan fingerprint density at radius 3 is 3.17 bits per heavy atom. The first-order chi connectivity index (χ1) is 8.83. The average Bonchev–Trinajstić information content (AvgIpc) is 2.88. The third-order valence-corrected chi connectivity index (χ3v) is 3.38. The number of pyridine rings is 1. The summed E-state index contributed by atoms with van der Waals surface area (Å²) in [5.74, 6) is 0. The van der Waals surface area contributed by atoms with Crippen molar-refractivity contribution >= 4 is 5.69 Å². The molecule has 2 rings (SSSR count). The minimum atomic E-state index is 0.375. The third kappa shape index (κ3) is 3.43. The van der Waals surface area contributed by atoms with E-state index in [1.807, 2.05) is 6.20 Å². The summed E-state index contributed by atoms with van der Waals surface area (Å²) in [5, 5.41) is 3.38. The van der Waals surface area contributed by atoms with Gasteiger partial charge in [0, 0.05) is 38.6 Å². The summed E-state index contributed by atoms with van der Waals surface area (Å²) in [6, 6.07) is 4.27. The summed E-state index contributed by atoms with van der Waals surface area (Å²) in [4.78, 5) is 6.78. The van der Waals surface area contributed by atoms with Crippen LogP contribution < -0.4 is 10.2 Å². The second kappa shape index (κ2) is 6.71. The normalized spacial score (nSPS) is 19.4. The van der Waals surface area contributed by atoms with Crippen LogP contribution in [0.15, 0.2) is 18.3 Å². The molecule has 0 radical (unpaired) electrons. The highest BCUT2D eigenvalue weighted by atomic mass is 16.5. The van der Waals surface area contributed by atoms with Crippen LogP contribution in [-0.4, -0.2) is 37.8 Å². The molecule has 1 atom stereocenters. The van der Waals surface area contributed by atoms with Crippen LogP contribution in [0, 0.1) is 0 Å². The monoisotopic (exact) mass is 249 g/mol. The van der Waals surface area contributed by atoms with Crippen LogP contribution in [0.3, 0.4) is 0 Å². The largest absolute Gasteiger partial charge is 0.380 e. The average molecular weight is 249 g/mol. The molecule has 0 aromatic carbocycles. The highest BCUT2D eigenvalue weighted by Crippen LogP contribution is 2.21. The summed E-state index contributed by atoms with van der Waals surface area (Å²) in [7, 11) is 1.79. The van der Waals surface area contributed by atoms with Gasteiger partial charge in [0.2, 0.25) is 0 Å². The van der Waals surface area contributed by atoms with Gasteiger partial charge in [-0.3, -0.25) is 4.98 Å². The molecule has 2 heterocycles. The van der Waals surface area contributed by atoms with E-state index >= 15 is 0 Å². The number of aromatic nitrogens is 1. The molecule has 0 saturated carbocycles. The Balaban J connectivity index is 1.94. The lowest BCUT2D eigenvalue weighted by molar-refractivity contribution is 0.121. The van der Waals surface area contributed by atoms with E-state index in [4.69, 9.17) is 4.74 Å². The summed E-state index contributed by atoms with van der Waals surface area (Å²) >= 11 is 0. The third-order valence-electron chi connectivity index (χ3n) is 3.38. The Bertz CT molecular complexity index is 370. The van der Waals surface area contributed by atoms with Gasteiger partial charge < -0.3 is 15.0 Å². The fourth-order valence-electron chi connectivity index (χ4n) is 2.31. The summed E-state index contributed by atoms with van der Waals surface area (Å²) in [6.45, 7) is 6.13. The number of hydrogen-bond donors (Lipinski definition) is 1. The molecule has 1 aromatic heterocycles. The number of nitrogens with one attached hydrogen (secondary N) is 1. The van der Waals surface area contributed by atoms with Crippen molar-refractivity contribution < 1.29 is 4.74 Å². The molecule has 1 aromatic rings. The fourth-order valence-corrected chi connectivity index (χ4v) is 2.31. The minimum absolute atomic E-state index is 0.375. The van der Waals surface area contributed by atoms with Gasteiger partial charge in [-0.15, -0.1) is 0 Å². The van der Waals surface area contributed by atoms with E-state index < -0.39 is 0 Å². The predicted molar refractivity (Wildman–Crippen MR) is 73.9 cm³/mol. The molecule has 1 fully saturated rings. The molecular weight excluding hydrogens is 226 g/mol. The molecule has 1 unspecified atom stereocenters. The first kappa shape index (κ1) is 13.3. The zero-order valence-corrected chi connectivity index (χ0v) is 11.4. The smallest absolute Gasteiger partial charge is 0.0762 e. The summed E-state index contributed by atoms with van der Waals surface area (Å²) in [6.07, 6.45) is 4.54. The van der Waals surface area contributed by atoms with E-state index in [9.17, 15) is 0 Å². The molecule has 0 bridgehead atoms. The Morgan fingerprint density at radius 1 is 1.56 bits per heavy atom. The minimum Gasteiger partial charge on any atom is -0.380 e. The van der Waals surface area contributed by atoms with E-state index in [1.165, 1.54) is 5.69 Å². The van der Waals surface area contributed by atoms with Gasteiger partial charge in [0.25, 0.3) is 0 Å². The summed E-state index contributed by atoms with van der Waals surface area (Å²) < 4.78 is 5.40. The lowest BCUT2D eigenvalue weighted by Gasteiger charge is -2.18. The van der Waals surface area contributed by atoms with Gasteiger partial charge in [-0.25, -0.2) is 0 Å². The van der Waals surface area contributed by atoms with Gasteiger partial charge >= 0.3 is 0 Å². The maximum absolute atomic E-state index is 5.40. The molecule has 18 heavy (non-hydrogen) atoms. The van der Waals surface area contributed by atoms with Crippen molar-refractivity contribution in [3.8, 4) is 0 Å². The van der Waals surface area contributed by atoms with Crippen molar-refractivity contribution in [1.29, 1.82) is 0 Å². The van der Waals surface area contributed by atoms with Gasteiger partial charge in [-0.1, -0.05) is 6.92 Å². The Morgan fingerprint density at radius 2 is 2.44 bits per heavy atom. The molecule has 0 amide bonds. The Kier molecular flexibility index (Phi) is 4.96. The predicted octanol–water partition coefficient (Wildman–Crippen LogP) is 1.81. The van der Waals surface area contributed by atoms with Crippen molar-refractivity contribution in [2.45, 2.75) is 32.4 Å². The quantitative estimate of drug-likeness (QED) is 0.780. The highest BCUT2D eigenvalue weighted by molar-refractivity contribution is 5.47. The van der Waals surface area contributed by atoms with Crippen molar-refractivity contribution in [2.24, 2.45) is 0 Å². The van der Waals surface area contributed by atoms with Crippen molar-refractivity contribution in [3.63, 3.8) is 0 Å². The lowest BCUT2D eigenvalue weighted by Crippen LogP contribution is -2.22. The zero-order chi connectivity index (χ0) is 12.8. The molecule has 1 N–H and O–H groups in total. The first-order valence-electron chi connectivity index (χ1n) is 6.77. The first-order valence-corrected chi connectivity index (χ1v) is 6.77. The SMILES string of the molecule is CCCNCc1cc(N2CCC(OC)C2)ccn1. The lowest BCUT2D eigenvalue weighted by atomic mass is 10.3. The number of methoxy groups -OCH3 is 1. The van der Waals surface area contributed by atoms with Gasteiger partial charge in [0.05, 0.1) is 11.8 Å². The number of rotatable bonds is 6. The fraction of sp³-hybridized carbons (Fsp3) is 0.643. The molecule has 4 nitrogen and oxygen atoms in total. The van der Waals surface area contributed by atoms with E-state index in [0.717, 1.165) is 44.7 Å². The maximum Gasteiger partial charge on any atom is 0.0762 e. The van der Waals surface area contributed by atoms with E-state index in [0.29, 0.717) is 6.10 Å². The zero-order valence-electron chi connectivity index (χ0n) is 11.4. The van der Waals surface area contributed by atoms with Gasteiger partial charge in [-0.2, -0.15) is 0 Å². The van der Waals surface area contributed by atoms with Crippen LogP contribution >= 0.6 is 0 Å². The highest BCUT2D eigenvalue weighted by Gasteiger charge is 2.22. The topological polar surface area (TPSA) is 37.4 Å². The molecule has 1 aliphatic heterocycles. The van der Waals surface area contributed by atoms with E-state index in [2.05, 4.69) is 34.3 Å². The second-order valence-corrected chi connectivity index (χ2v) is 4.77. The molecule has 4 heteroatoms. The van der Waals surface area contributed by atoms with Crippen LogP contribution in [0.2, 0.25) is 0 Å². The molecule has 1 saturated heterocycles. The van der Waals surface area contributed by atoms with Gasteiger partial charge in [0.15, 0.2) is 0 Å². The van der Waals surface area contributed by atoms with Crippen molar-refractivity contribution in [3.05, 3.63) is 24.0 Å². The number of nitrogens with zero attached hydrogens (tertiary/aromatic N) is 2. The van der Waals surface area contributed by atoms with E-state index in [-0.39, 0.29) is 0 Å². The Labute approximate surface area is 109 Å². The molecule has 0 aliphatic carbocycles. The number of hydrogen-bond acceptors (Lipinski definition) is 4. The number of anilines is 1. The molecule has 100 valence electrons. The standard InChI is InChI=1S/C14H23N3O/c1-3-6-15-10-12-9-13(4-7-16-12)17-8-5-14(11-17)18-2/h4,7,9,14-15H,3,5-6,8,10-11H2,1-2H3.